The number of carbonyl (C=O) groups excluding carboxylic acids is 1. The molecule has 0 spiro atoms. The Kier molecular flexibility index (Phi) is 4.01. The van der Waals surface area contributed by atoms with Crippen molar-refractivity contribution in [3.63, 3.8) is 0 Å². The molecule has 1 unspecified atom stereocenters. The number of hydrogen-bond donors (Lipinski definition) is 1. The molecule has 1 aromatic rings. The average Bonchev–Trinajstić information content (AvgIpc) is 2.92. The lowest BCUT2D eigenvalue weighted by Crippen LogP contribution is -2.52. The Morgan fingerprint density at radius 3 is 2.80 bits per heavy atom. The van der Waals surface area contributed by atoms with Gasteiger partial charge in [0, 0.05) is 16.4 Å². The SMILES string of the molecule is O=C(NC1(CBr)CCCCC1)C1COc2ccccc21. The van der Waals surface area contributed by atoms with E-state index in [9.17, 15) is 4.79 Å². The number of alkyl halides is 1. The molecule has 2 aliphatic rings. The Hall–Kier alpha value is -1.03. The zero-order valence-corrected chi connectivity index (χ0v) is 13.1. The fourth-order valence-electron chi connectivity index (χ4n) is 3.25. The average molecular weight is 338 g/mol. The maximum Gasteiger partial charge on any atom is 0.231 e. The second-order valence-electron chi connectivity index (χ2n) is 5.87. The van der Waals surface area contributed by atoms with Crippen LogP contribution in [0.2, 0.25) is 0 Å². The van der Waals surface area contributed by atoms with Gasteiger partial charge in [-0.2, -0.15) is 0 Å². The second kappa shape index (κ2) is 5.76. The third kappa shape index (κ3) is 2.58. The van der Waals surface area contributed by atoms with E-state index in [-0.39, 0.29) is 17.4 Å². The number of carbonyl (C=O) groups is 1. The predicted molar refractivity (Wildman–Crippen MR) is 82.4 cm³/mol. The molecule has 0 saturated heterocycles. The number of benzene rings is 1. The summed E-state index contributed by atoms with van der Waals surface area (Å²) in [6, 6.07) is 7.84. The molecule has 1 saturated carbocycles. The standard InChI is InChI=1S/C16H20BrNO2/c17-11-16(8-4-1-5-9-16)18-15(19)13-10-20-14-7-3-2-6-12(13)14/h2-3,6-7,13H,1,4-5,8-11H2,(H,18,19). The minimum absolute atomic E-state index is 0.0626. The van der Waals surface area contributed by atoms with E-state index in [1.54, 1.807) is 0 Å². The van der Waals surface area contributed by atoms with Crippen LogP contribution in [0.15, 0.2) is 24.3 Å². The van der Waals surface area contributed by atoms with E-state index in [4.69, 9.17) is 4.74 Å². The van der Waals surface area contributed by atoms with Crippen molar-refractivity contribution in [3.8, 4) is 5.75 Å². The Morgan fingerprint density at radius 2 is 2.05 bits per heavy atom. The molecule has 0 radical (unpaired) electrons. The first-order chi connectivity index (χ1) is 9.74. The van der Waals surface area contributed by atoms with Gasteiger partial charge in [-0.05, 0) is 18.9 Å². The van der Waals surface area contributed by atoms with Gasteiger partial charge in [-0.15, -0.1) is 0 Å². The Bertz CT molecular complexity index is 497. The predicted octanol–water partition coefficient (Wildman–Crippen LogP) is 3.38. The van der Waals surface area contributed by atoms with Crippen LogP contribution >= 0.6 is 15.9 Å². The number of ether oxygens (including phenoxy) is 1. The summed E-state index contributed by atoms with van der Waals surface area (Å²) in [7, 11) is 0. The molecule has 1 atom stereocenters. The third-order valence-corrected chi connectivity index (χ3v) is 5.54. The van der Waals surface area contributed by atoms with Crippen LogP contribution in [0, 0.1) is 0 Å². The minimum atomic E-state index is -0.163. The van der Waals surface area contributed by atoms with Crippen LogP contribution < -0.4 is 10.1 Å². The Labute approximate surface area is 128 Å². The van der Waals surface area contributed by atoms with Gasteiger partial charge in [0.05, 0.1) is 0 Å². The van der Waals surface area contributed by atoms with Gasteiger partial charge >= 0.3 is 0 Å². The van der Waals surface area contributed by atoms with E-state index in [1.807, 2.05) is 24.3 Å². The van der Waals surface area contributed by atoms with Gasteiger partial charge in [-0.1, -0.05) is 53.4 Å². The van der Waals surface area contributed by atoms with Gasteiger partial charge in [-0.25, -0.2) is 0 Å². The molecule has 1 N–H and O–H groups in total. The van der Waals surface area contributed by atoms with Crippen LogP contribution in [0.3, 0.4) is 0 Å². The van der Waals surface area contributed by atoms with Crippen LogP contribution in [-0.2, 0) is 4.79 Å². The summed E-state index contributed by atoms with van der Waals surface area (Å²) in [5.41, 5.74) is 0.956. The highest BCUT2D eigenvalue weighted by Gasteiger charge is 2.37. The smallest absolute Gasteiger partial charge is 0.231 e. The lowest BCUT2D eigenvalue weighted by Gasteiger charge is -2.37. The van der Waals surface area contributed by atoms with E-state index in [2.05, 4.69) is 21.2 Å². The molecule has 1 heterocycles. The maximum atomic E-state index is 12.6. The van der Waals surface area contributed by atoms with Gasteiger partial charge in [0.25, 0.3) is 0 Å². The van der Waals surface area contributed by atoms with Crippen molar-refractivity contribution in [2.24, 2.45) is 0 Å². The van der Waals surface area contributed by atoms with Crippen molar-refractivity contribution in [1.29, 1.82) is 0 Å². The van der Waals surface area contributed by atoms with E-state index in [0.29, 0.717) is 6.61 Å². The lowest BCUT2D eigenvalue weighted by atomic mass is 9.82. The van der Waals surface area contributed by atoms with Crippen molar-refractivity contribution in [3.05, 3.63) is 29.8 Å². The number of rotatable bonds is 3. The minimum Gasteiger partial charge on any atom is -0.492 e. The zero-order chi connectivity index (χ0) is 14.0. The van der Waals surface area contributed by atoms with Crippen molar-refractivity contribution in [1.82, 2.24) is 5.32 Å². The molecule has 0 bridgehead atoms. The first-order valence-electron chi connectivity index (χ1n) is 7.34. The Balaban J connectivity index is 1.74. The van der Waals surface area contributed by atoms with Gasteiger partial charge in [0.2, 0.25) is 5.91 Å². The van der Waals surface area contributed by atoms with Crippen LogP contribution in [0.25, 0.3) is 0 Å². The molecule has 1 aromatic carbocycles. The first kappa shape index (κ1) is 13.9. The van der Waals surface area contributed by atoms with Gasteiger partial charge in [0.1, 0.15) is 18.3 Å². The van der Waals surface area contributed by atoms with Crippen LogP contribution in [-0.4, -0.2) is 23.4 Å². The molecule has 1 amide bonds. The quantitative estimate of drug-likeness (QED) is 0.858. The van der Waals surface area contributed by atoms with Gasteiger partial charge in [-0.3, -0.25) is 4.79 Å². The first-order valence-corrected chi connectivity index (χ1v) is 8.46. The third-order valence-electron chi connectivity index (χ3n) is 4.47. The van der Waals surface area contributed by atoms with Gasteiger partial charge in [0.15, 0.2) is 0 Å². The monoisotopic (exact) mass is 337 g/mol. The molecule has 20 heavy (non-hydrogen) atoms. The molecule has 0 aromatic heterocycles. The van der Waals surface area contributed by atoms with E-state index >= 15 is 0 Å². The maximum absolute atomic E-state index is 12.6. The number of amides is 1. The summed E-state index contributed by atoms with van der Waals surface area (Å²) in [6.45, 7) is 0.462. The second-order valence-corrected chi connectivity index (χ2v) is 6.43. The van der Waals surface area contributed by atoms with Crippen molar-refractivity contribution >= 4 is 21.8 Å². The number of hydrogen-bond acceptors (Lipinski definition) is 2. The van der Waals surface area contributed by atoms with E-state index in [1.165, 1.54) is 19.3 Å². The molecule has 1 fully saturated rings. The fraction of sp³-hybridized carbons (Fsp3) is 0.562. The topological polar surface area (TPSA) is 38.3 Å². The van der Waals surface area contributed by atoms with Crippen LogP contribution in [0.5, 0.6) is 5.75 Å². The summed E-state index contributed by atoms with van der Waals surface area (Å²) in [5, 5.41) is 4.13. The zero-order valence-electron chi connectivity index (χ0n) is 11.5. The number of halogens is 1. The summed E-state index contributed by atoms with van der Waals surface area (Å²) >= 11 is 3.59. The molecule has 1 aliphatic heterocycles. The number of nitrogens with one attached hydrogen (secondary N) is 1. The Morgan fingerprint density at radius 1 is 1.30 bits per heavy atom. The van der Waals surface area contributed by atoms with Crippen LogP contribution in [0.1, 0.15) is 43.6 Å². The van der Waals surface area contributed by atoms with Crippen LogP contribution in [0.4, 0.5) is 0 Å². The summed E-state index contributed by atoms with van der Waals surface area (Å²) in [4.78, 5) is 12.6. The molecule has 3 rings (SSSR count). The van der Waals surface area contributed by atoms with Gasteiger partial charge < -0.3 is 10.1 Å². The van der Waals surface area contributed by atoms with Crippen molar-refractivity contribution in [2.45, 2.75) is 43.6 Å². The highest BCUT2D eigenvalue weighted by Crippen LogP contribution is 2.35. The summed E-state index contributed by atoms with van der Waals surface area (Å²) < 4.78 is 5.62. The number of fused-ring (bicyclic) bond motifs is 1. The summed E-state index contributed by atoms with van der Waals surface area (Å²) in [6.07, 6.45) is 5.81. The highest BCUT2D eigenvalue weighted by molar-refractivity contribution is 9.09. The molecular formula is C16H20BrNO2. The lowest BCUT2D eigenvalue weighted by molar-refractivity contribution is -0.124. The number of para-hydroxylation sites is 1. The molecule has 108 valence electrons. The normalized spacial score (nSPS) is 23.8. The molecule has 4 heteroatoms. The van der Waals surface area contributed by atoms with Crippen molar-refractivity contribution in [2.75, 3.05) is 11.9 Å². The van der Waals surface area contributed by atoms with E-state index in [0.717, 1.165) is 29.5 Å². The van der Waals surface area contributed by atoms with Crippen molar-refractivity contribution < 1.29 is 9.53 Å². The molecular weight excluding hydrogens is 318 g/mol. The highest BCUT2D eigenvalue weighted by atomic mass is 79.9. The fourth-order valence-corrected chi connectivity index (χ4v) is 3.95. The molecule has 3 nitrogen and oxygen atoms in total. The largest absolute Gasteiger partial charge is 0.492 e. The summed E-state index contributed by atoms with van der Waals surface area (Å²) in [5.74, 6) is 0.796. The molecule has 1 aliphatic carbocycles. The van der Waals surface area contributed by atoms with E-state index < -0.39 is 0 Å².